The average Bonchev–Trinajstić information content (AvgIpc) is 3.58. The number of benzene rings is 5. The summed E-state index contributed by atoms with van der Waals surface area (Å²) in [5.74, 6) is -1.07. The van der Waals surface area contributed by atoms with E-state index in [1.54, 1.807) is 30.5 Å². The van der Waals surface area contributed by atoms with Gasteiger partial charge < -0.3 is 14.4 Å². The smallest absolute Gasteiger partial charge is 0.120 e. The molecule has 3 heterocycles. The Labute approximate surface area is 305 Å². The molecular formula is C44H34IrN2O-2. The fraction of sp³-hybridized carbons (Fsp3) is 0.0909. The molecule has 0 spiro atoms. The molecule has 1 atom stereocenters. The third-order valence-corrected chi connectivity index (χ3v) is 8.06. The average molecular weight is 806 g/mol. The molecule has 0 aliphatic heterocycles. The molecule has 0 saturated heterocycles. The Morgan fingerprint density at radius 3 is 2.23 bits per heavy atom. The number of rotatable bonds is 5. The van der Waals surface area contributed by atoms with Crippen LogP contribution < -0.4 is 0 Å². The van der Waals surface area contributed by atoms with Crippen LogP contribution >= 0.6 is 0 Å². The number of furan rings is 1. The van der Waals surface area contributed by atoms with E-state index < -0.39 is 19.6 Å². The topological polar surface area (TPSA) is 38.9 Å². The van der Waals surface area contributed by atoms with Crippen molar-refractivity contribution in [2.75, 3.05) is 0 Å². The summed E-state index contributed by atoms with van der Waals surface area (Å²) in [4.78, 5) is 8.81. The van der Waals surface area contributed by atoms with Gasteiger partial charge in [0.1, 0.15) is 5.58 Å². The second-order valence-electron chi connectivity index (χ2n) is 11.1. The van der Waals surface area contributed by atoms with Gasteiger partial charge in [0, 0.05) is 53.0 Å². The minimum atomic E-state index is -2.34. The summed E-state index contributed by atoms with van der Waals surface area (Å²) in [7, 11) is 0. The van der Waals surface area contributed by atoms with Gasteiger partial charge >= 0.3 is 0 Å². The molecule has 8 rings (SSSR count). The Morgan fingerprint density at radius 1 is 0.750 bits per heavy atom. The van der Waals surface area contributed by atoms with E-state index in [0.29, 0.717) is 28.0 Å². The Balaban J connectivity index is 0.000000254. The van der Waals surface area contributed by atoms with Gasteiger partial charge in [0.05, 0.1) is 5.58 Å². The maximum Gasteiger partial charge on any atom is 0.120 e. The van der Waals surface area contributed by atoms with E-state index >= 15 is 0 Å². The molecular weight excluding hydrogens is 765 g/mol. The molecule has 0 fully saturated rings. The fourth-order valence-electron chi connectivity index (χ4n) is 5.65. The predicted molar refractivity (Wildman–Crippen MR) is 193 cm³/mol. The number of nitrogens with zero attached hydrogens (tertiary/aromatic N) is 2. The SMILES string of the molecule is [2H]C([2H])([2H])c1cc(-c2[c-]cc(C([2H])(C)c3ccccc3)c3c2oc2ccccc23)ncc1-c1ccccc1.[2H]C([2H])([2H])c1ccc(-c2[c-]cccc2)nc1.[Ir]. The van der Waals surface area contributed by atoms with Crippen LogP contribution in [0.2, 0.25) is 0 Å². The second kappa shape index (κ2) is 14.7. The summed E-state index contributed by atoms with van der Waals surface area (Å²) in [6.07, 6.45) is 3.00. The Bertz CT molecular complexity index is 2540. The number of hydrogen-bond donors (Lipinski definition) is 0. The number of aryl methyl sites for hydroxylation is 2. The molecule has 3 aromatic heterocycles. The summed E-state index contributed by atoms with van der Waals surface area (Å²) < 4.78 is 62.1. The van der Waals surface area contributed by atoms with E-state index in [9.17, 15) is 1.37 Å². The van der Waals surface area contributed by atoms with E-state index in [1.807, 2.05) is 116 Å². The van der Waals surface area contributed by atoms with E-state index in [1.165, 1.54) is 6.20 Å². The van der Waals surface area contributed by atoms with Crippen molar-refractivity contribution in [3.8, 4) is 33.6 Å². The molecule has 1 radical (unpaired) electrons. The minimum absolute atomic E-state index is 0. The molecule has 48 heavy (non-hydrogen) atoms. The van der Waals surface area contributed by atoms with Crippen molar-refractivity contribution in [1.82, 2.24) is 9.97 Å². The van der Waals surface area contributed by atoms with Gasteiger partial charge in [-0.15, -0.1) is 53.6 Å². The molecule has 5 aromatic carbocycles. The van der Waals surface area contributed by atoms with Crippen LogP contribution in [-0.2, 0) is 20.1 Å². The van der Waals surface area contributed by atoms with E-state index in [-0.39, 0.29) is 31.2 Å². The molecule has 0 aliphatic rings. The summed E-state index contributed by atoms with van der Waals surface area (Å²) in [5.41, 5.74) is 7.26. The first-order chi connectivity index (χ1) is 25.8. The Kier molecular flexibility index (Phi) is 7.66. The second-order valence-corrected chi connectivity index (χ2v) is 11.1. The van der Waals surface area contributed by atoms with Crippen LogP contribution in [0, 0.1) is 25.8 Å². The van der Waals surface area contributed by atoms with Crippen molar-refractivity contribution in [3.05, 3.63) is 180 Å². The molecule has 0 bridgehead atoms. The van der Waals surface area contributed by atoms with E-state index in [4.69, 9.17) is 12.6 Å². The summed E-state index contributed by atoms with van der Waals surface area (Å²) in [6.45, 7) is -2.57. The maximum atomic E-state index is 9.37. The van der Waals surface area contributed by atoms with Gasteiger partial charge in [-0.25, -0.2) is 0 Å². The summed E-state index contributed by atoms with van der Waals surface area (Å²) >= 11 is 0. The van der Waals surface area contributed by atoms with Crippen LogP contribution in [0.3, 0.4) is 0 Å². The number of para-hydroxylation sites is 1. The van der Waals surface area contributed by atoms with Gasteiger partial charge in [0.15, 0.2) is 0 Å². The van der Waals surface area contributed by atoms with Crippen LogP contribution in [0.25, 0.3) is 55.6 Å². The molecule has 0 saturated carbocycles. The van der Waals surface area contributed by atoms with Crippen molar-refractivity contribution < 1.29 is 34.1 Å². The van der Waals surface area contributed by atoms with Crippen molar-refractivity contribution in [2.45, 2.75) is 26.5 Å². The van der Waals surface area contributed by atoms with Gasteiger partial charge in [-0.2, -0.15) is 0 Å². The first-order valence-corrected chi connectivity index (χ1v) is 15.2. The van der Waals surface area contributed by atoms with Crippen LogP contribution in [-0.4, -0.2) is 9.97 Å². The maximum absolute atomic E-state index is 9.37. The molecule has 0 N–H and O–H groups in total. The summed E-state index contributed by atoms with van der Waals surface area (Å²) in [5, 5.41) is 1.69. The monoisotopic (exact) mass is 806 g/mol. The van der Waals surface area contributed by atoms with Crippen LogP contribution in [0.5, 0.6) is 0 Å². The molecule has 237 valence electrons. The standard InChI is InChI=1S/C32H24NO.C12H10N.Ir/c1-21-19-29(33-20-28(21)24-13-7-4-8-14-24)26-18-17-25(22(2)23-11-5-3-6-12-23)31-27-15-9-10-16-30(27)34-32(26)31;1-10-7-8-12(13-9-10)11-5-3-2-4-6-11;/h3-17,19-20,22H,1-2H3;2-5,7-9H,1H3;/q2*-1;/i1D3,22D;1D3;. The number of aromatic nitrogens is 2. The number of fused-ring (bicyclic) bond motifs is 3. The van der Waals surface area contributed by atoms with E-state index in [0.717, 1.165) is 38.7 Å². The van der Waals surface area contributed by atoms with Crippen molar-refractivity contribution >= 4 is 21.9 Å². The first-order valence-electron chi connectivity index (χ1n) is 18.7. The van der Waals surface area contributed by atoms with Gasteiger partial charge in [0.2, 0.25) is 0 Å². The normalized spacial score (nSPS) is 14.7. The third kappa shape index (κ3) is 6.78. The van der Waals surface area contributed by atoms with Crippen LogP contribution in [0.15, 0.2) is 150 Å². The Morgan fingerprint density at radius 2 is 1.50 bits per heavy atom. The minimum Gasteiger partial charge on any atom is -0.501 e. The van der Waals surface area contributed by atoms with Crippen LogP contribution in [0.1, 0.15) is 44.7 Å². The van der Waals surface area contributed by atoms with Gasteiger partial charge in [-0.05, 0) is 59.3 Å². The van der Waals surface area contributed by atoms with Gasteiger partial charge in [-0.1, -0.05) is 115 Å². The van der Waals surface area contributed by atoms with Crippen LogP contribution in [0.4, 0.5) is 0 Å². The predicted octanol–water partition coefficient (Wildman–Crippen LogP) is 11.4. The number of pyridine rings is 2. The zero-order valence-electron chi connectivity index (χ0n) is 33.0. The van der Waals surface area contributed by atoms with Crippen molar-refractivity contribution in [3.63, 3.8) is 0 Å². The molecule has 0 aliphatic carbocycles. The number of hydrogen-bond acceptors (Lipinski definition) is 3. The van der Waals surface area contributed by atoms with Gasteiger partial charge in [0.25, 0.3) is 0 Å². The molecule has 0 amide bonds. The van der Waals surface area contributed by atoms with Gasteiger partial charge in [-0.3, -0.25) is 0 Å². The Hall–Kier alpha value is -5.15. The quantitative estimate of drug-likeness (QED) is 0.163. The first kappa shape index (κ1) is 24.9. The summed E-state index contributed by atoms with van der Waals surface area (Å²) in [6, 6.07) is 47.3. The fourth-order valence-corrected chi connectivity index (χ4v) is 5.65. The molecule has 1 unspecified atom stereocenters. The zero-order chi connectivity index (χ0) is 38.1. The molecule has 4 heteroatoms. The zero-order valence-corrected chi connectivity index (χ0v) is 28.4. The van der Waals surface area contributed by atoms with E-state index in [2.05, 4.69) is 22.1 Å². The van der Waals surface area contributed by atoms with Crippen molar-refractivity contribution in [2.24, 2.45) is 0 Å². The third-order valence-electron chi connectivity index (χ3n) is 8.06. The van der Waals surface area contributed by atoms with Crippen molar-refractivity contribution in [1.29, 1.82) is 0 Å². The molecule has 8 aromatic rings. The molecule has 3 nitrogen and oxygen atoms in total. The largest absolute Gasteiger partial charge is 0.501 e.